The maximum absolute atomic E-state index is 13.2. The van der Waals surface area contributed by atoms with E-state index in [0.717, 1.165) is 30.1 Å². The Hall–Kier alpha value is -4.24. The number of nitrogens with zero attached hydrogens (tertiary/aromatic N) is 4. The average molecular weight is 546 g/mol. The van der Waals surface area contributed by atoms with E-state index in [1.807, 2.05) is 33.3 Å². The van der Waals surface area contributed by atoms with Gasteiger partial charge >= 0.3 is 0 Å². The highest BCUT2D eigenvalue weighted by Gasteiger charge is 2.18. The SMILES string of the molecule is C=CC(=O)Nc1cc(Cc2nccc(C(=O)c3ccc(OCC(C)C)cc3)n2)c(OC)cc1N(C)CCN(C)C. The standard InChI is InChI=1S/C31H39N5O4/c1-8-30(37)34-26-17-23(28(39-7)19-27(26)36(6)16-15-35(4)5)18-29-32-14-13-25(33-29)31(38)22-9-11-24(12-10-22)40-20-21(2)3/h8-14,17,19,21H,1,15-16,18,20H2,2-7H3,(H,34,37). The smallest absolute Gasteiger partial charge is 0.247 e. The van der Waals surface area contributed by atoms with Gasteiger partial charge in [-0.2, -0.15) is 0 Å². The second-order valence-electron chi connectivity index (χ2n) is 10.2. The van der Waals surface area contributed by atoms with Crippen LogP contribution in [-0.4, -0.2) is 74.5 Å². The van der Waals surface area contributed by atoms with Crippen molar-refractivity contribution in [1.29, 1.82) is 0 Å². The summed E-state index contributed by atoms with van der Waals surface area (Å²) in [5.41, 5.74) is 3.00. The molecule has 9 nitrogen and oxygen atoms in total. The maximum Gasteiger partial charge on any atom is 0.247 e. The molecule has 0 saturated carbocycles. The summed E-state index contributed by atoms with van der Waals surface area (Å²) in [6.07, 6.45) is 3.10. The Morgan fingerprint density at radius 3 is 2.42 bits per heavy atom. The van der Waals surface area contributed by atoms with Crippen LogP contribution in [0, 0.1) is 5.92 Å². The van der Waals surface area contributed by atoms with Crippen LogP contribution in [0.4, 0.5) is 11.4 Å². The molecule has 212 valence electrons. The van der Waals surface area contributed by atoms with E-state index in [4.69, 9.17) is 9.47 Å². The summed E-state index contributed by atoms with van der Waals surface area (Å²) >= 11 is 0. The summed E-state index contributed by atoms with van der Waals surface area (Å²) < 4.78 is 11.4. The van der Waals surface area contributed by atoms with Crippen molar-refractivity contribution in [2.75, 3.05) is 58.2 Å². The van der Waals surface area contributed by atoms with Gasteiger partial charge in [-0.25, -0.2) is 9.97 Å². The first-order chi connectivity index (χ1) is 19.1. The lowest BCUT2D eigenvalue weighted by Gasteiger charge is -2.25. The van der Waals surface area contributed by atoms with Crippen LogP contribution < -0.4 is 19.7 Å². The number of aromatic nitrogens is 2. The minimum atomic E-state index is -0.317. The van der Waals surface area contributed by atoms with Gasteiger partial charge in [0, 0.05) is 49.9 Å². The molecule has 1 N–H and O–H groups in total. The molecule has 0 fully saturated rings. The minimum Gasteiger partial charge on any atom is -0.496 e. The zero-order chi connectivity index (χ0) is 29.2. The summed E-state index contributed by atoms with van der Waals surface area (Å²) in [7, 11) is 7.57. The van der Waals surface area contributed by atoms with E-state index in [-0.39, 0.29) is 11.7 Å². The highest BCUT2D eigenvalue weighted by atomic mass is 16.5. The van der Waals surface area contributed by atoms with E-state index in [1.54, 1.807) is 43.6 Å². The molecule has 0 atom stereocenters. The van der Waals surface area contributed by atoms with Gasteiger partial charge in [0.2, 0.25) is 11.7 Å². The first-order valence-electron chi connectivity index (χ1n) is 13.2. The number of carbonyl (C=O) groups is 2. The molecule has 0 aliphatic heterocycles. The molecule has 1 aromatic heterocycles. The zero-order valence-electron chi connectivity index (χ0n) is 24.2. The summed E-state index contributed by atoms with van der Waals surface area (Å²) in [6, 6.07) is 12.4. The van der Waals surface area contributed by atoms with Gasteiger partial charge < -0.3 is 24.6 Å². The molecular weight excluding hydrogens is 506 g/mol. The van der Waals surface area contributed by atoms with Gasteiger partial charge in [0.05, 0.1) is 25.1 Å². The van der Waals surface area contributed by atoms with Crippen molar-refractivity contribution in [2.45, 2.75) is 20.3 Å². The fourth-order valence-corrected chi connectivity index (χ4v) is 3.91. The molecule has 0 bridgehead atoms. The largest absolute Gasteiger partial charge is 0.496 e. The summed E-state index contributed by atoms with van der Waals surface area (Å²) in [5.74, 6) is 1.69. The number of amides is 1. The Balaban J connectivity index is 1.87. The number of methoxy groups -OCH3 is 1. The Labute approximate surface area is 236 Å². The summed E-state index contributed by atoms with van der Waals surface area (Å²) in [4.78, 5) is 38.5. The van der Waals surface area contributed by atoms with E-state index in [0.29, 0.717) is 47.5 Å². The maximum atomic E-state index is 13.2. The van der Waals surface area contributed by atoms with Crippen molar-refractivity contribution in [1.82, 2.24) is 14.9 Å². The van der Waals surface area contributed by atoms with E-state index >= 15 is 0 Å². The van der Waals surface area contributed by atoms with Crippen molar-refractivity contribution >= 4 is 23.1 Å². The predicted octanol–water partition coefficient (Wildman–Crippen LogP) is 4.46. The zero-order valence-corrected chi connectivity index (χ0v) is 24.2. The number of rotatable bonds is 14. The second kappa shape index (κ2) is 14.2. The number of anilines is 2. The molecule has 1 heterocycles. The normalized spacial score (nSPS) is 10.9. The van der Waals surface area contributed by atoms with E-state index in [9.17, 15) is 9.59 Å². The van der Waals surface area contributed by atoms with Crippen LogP contribution in [-0.2, 0) is 11.2 Å². The van der Waals surface area contributed by atoms with E-state index in [2.05, 4.69) is 45.5 Å². The van der Waals surface area contributed by atoms with Gasteiger partial charge in [0.15, 0.2) is 0 Å². The molecule has 0 aliphatic rings. The van der Waals surface area contributed by atoms with Crippen molar-refractivity contribution in [2.24, 2.45) is 5.92 Å². The average Bonchev–Trinajstić information content (AvgIpc) is 2.94. The number of ketones is 1. The monoisotopic (exact) mass is 545 g/mol. The fourth-order valence-electron chi connectivity index (χ4n) is 3.91. The molecule has 3 rings (SSSR count). The molecule has 0 aliphatic carbocycles. The Morgan fingerprint density at radius 2 is 1.80 bits per heavy atom. The van der Waals surface area contributed by atoms with Gasteiger partial charge in [-0.3, -0.25) is 9.59 Å². The van der Waals surface area contributed by atoms with Crippen LogP contribution in [0.15, 0.2) is 61.3 Å². The third-order valence-corrected chi connectivity index (χ3v) is 6.12. The summed E-state index contributed by atoms with van der Waals surface area (Å²) in [6.45, 7) is 9.91. The van der Waals surface area contributed by atoms with Gasteiger partial charge in [0.25, 0.3) is 0 Å². The minimum absolute atomic E-state index is 0.206. The number of likely N-dealkylation sites (N-methyl/N-ethyl adjacent to an activating group) is 2. The lowest BCUT2D eigenvalue weighted by molar-refractivity contribution is -0.111. The van der Waals surface area contributed by atoms with Crippen LogP contribution >= 0.6 is 0 Å². The molecule has 9 heteroatoms. The third-order valence-electron chi connectivity index (χ3n) is 6.12. The highest BCUT2D eigenvalue weighted by Crippen LogP contribution is 2.34. The Kier molecular flexibility index (Phi) is 10.8. The quantitative estimate of drug-likeness (QED) is 0.234. The molecule has 1 amide bonds. The number of hydrogen-bond donors (Lipinski definition) is 1. The molecule has 2 aromatic carbocycles. The Bertz CT molecular complexity index is 1320. The first-order valence-corrected chi connectivity index (χ1v) is 13.2. The third kappa shape index (κ3) is 8.38. The predicted molar refractivity (Wildman–Crippen MR) is 159 cm³/mol. The first kappa shape index (κ1) is 30.3. The molecule has 0 radical (unpaired) electrons. The lowest BCUT2D eigenvalue weighted by atomic mass is 10.1. The van der Waals surface area contributed by atoms with Gasteiger partial charge in [-0.05, 0) is 62.5 Å². The van der Waals surface area contributed by atoms with Crippen molar-refractivity contribution in [3.63, 3.8) is 0 Å². The number of nitrogens with one attached hydrogen (secondary N) is 1. The van der Waals surface area contributed by atoms with Gasteiger partial charge in [-0.15, -0.1) is 0 Å². The lowest BCUT2D eigenvalue weighted by Crippen LogP contribution is -2.29. The summed E-state index contributed by atoms with van der Waals surface area (Å²) in [5, 5.41) is 2.90. The molecule has 40 heavy (non-hydrogen) atoms. The molecule has 0 unspecified atom stereocenters. The van der Waals surface area contributed by atoms with Crippen LogP contribution in [0.5, 0.6) is 11.5 Å². The van der Waals surface area contributed by atoms with E-state index < -0.39 is 0 Å². The molecule has 0 spiro atoms. The highest BCUT2D eigenvalue weighted by molar-refractivity contribution is 6.07. The van der Waals surface area contributed by atoms with Crippen LogP contribution in [0.3, 0.4) is 0 Å². The van der Waals surface area contributed by atoms with Crippen LogP contribution in [0.25, 0.3) is 0 Å². The van der Waals surface area contributed by atoms with Gasteiger partial charge in [0.1, 0.15) is 23.0 Å². The number of carbonyl (C=O) groups excluding carboxylic acids is 2. The van der Waals surface area contributed by atoms with Crippen molar-refractivity contribution in [3.05, 3.63) is 84.0 Å². The van der Waals surface area contributed by atoms with Crippen LogP contribution in [0.1, 0.15) is 41.3 Å². The van der Waals surface area contributed by atoms with Crippen LogP contribution in [0.2, 0.25) is 0 Å². The fraction of sp³-hybridized carbons (Fsp3) is 0.355. The van der Waals surface area contributed by atoms with E-state index in [1.165, 1.54) is 6.08 Å². The number of hydrogen-bond acceptors (Lipinski definition) is 8. The van der Waals surface area contributed by atoms with Crippen molar-refractivity contribution < 1.29 is 19.1 Å². The topological polar surface area (TPSA) is 96.9 Å². The Morgan fingerprint density at radius 1 is 1.07 bits per heavy atom. The molecule has 3 aromatic rings. The molecular formula is C31H39N5O4. The number of benzene rings is 2. The molecule has 0 saturated heterocycles. The second-order valence-corrected chi connectivity index (χ2v) is 10.2. The van der Waals surface area contributed by atoms with Gasteiger partial charge in [-0.1, -0.05) is 20.4 Å². The van der Waals surface area contributed by atoms with Crippen molar-refractivity contribution in [3.8, 4) is 11.5 Å². The number of ether oxygens (including phenoxy) is 2.